The maximum atomic E-state index is 13.2. The number of rotatable bonds is 5. The van der Waals surface area contributed by atoms with E-state index >= 15 is 0 Å². The van der Waals surface area contributed by atoms with Gasteiger partial charge in [-0.2, -0.15) is 0 Å². The summed E-state index contributed by atoms with van der Waals surface area (Å²) in [5, 5.41) is 11.8. The van der Waals surface area contributed by atoms with E-state index in [0.29, 0.717) is 38.5 Å². The van der Waals surface area contributed by atoms with Gasteiger partial charge in [0.2, 0.25) is 11.8 Å². The topological polar surface area (TPSA) is 94.6 Å². The first-order chi connectivity index (χ1) is 17.4. The molecule has 4 heterocycles. The van der Waals surface area contributed by atoms with E-state index in [-0.39, 0.29) is 24.2 Å². The number of pyridine rings is 1. The molecule has 0 spiro atoms. The zero-order valence-electron chi connectivity index (χ0n) is 20.9. The molecule has 1 aromatic carbocycles. The molecule has 2 saturated heterocycles. The zero-order chi connectivity index (χ0) is 25.2. The lowest BCUT2D eigenvalue weighted by molar-refractivity contribution is -0.136. The quantitative estimate of drug-likeness (QED) is 0.593. The highest BCUT2D eigenvalue weighted by atomic mass is 16.2. The first kappa shape index (κ1) is 23.7. The second-order valence-corrected chi connectivity index (χ2v) is 9.61. The van der Waals surface area contributed by atoms with Gasteiger partial charge in [0.25, 0.3) is 0 Å². The Hall–Kier alpha value is -4.01. The lowest BCUT2D eigenvalue weighted by Crippen LogP contribution is -2.51. The molecule has 9 nitrogen and oxygen atoms in total. The maximum Gasteiger partial charge on any atom is 0.228 e. The van der Waals surface area contributed by atoms with Gasteiger partial charge >= 0.3 is 0 Å². The Morgan fingerprint density at radius 2 is 1.72 bits per heavy atom. The number of hydrogen-bond acceptors (Lipinski definition) is 7. The Morgan fingerprint density at radius 1 is 0.917 bits per heavy atom. The van der Waals surface area contributed by atoms with Crippen molar-refractivity contribution in [2.75, 3.05) is 47.8 Å². The lowest BCUT2D eigenvalue weighted by atomic mass is 10.1. The number of nitrogens with zero attached hydrogens (tertiary/aromatic N) is 6. The minimum absolute atomic E-state index is 0.0140. The highest BCUT2D eigenvalue weighted by molar-refractivity contribution is 6.00. The number of hydrogen-bond donors (Lipinski definition) is 1. The van der Waals surface area contributed by atoms with E-state index in [1.54, 1.807) is 11.1 Å². The van der Waals surface area contributed by atoms with Crippen molar-refractivity contribution in [3.8, 4) is 0 Å². The summed E-state index contributed by atoms with van der Waals surface area (Å²) < 4.78 is 0. The number of anilines is 4. The fourth-order valence-corrected chi connectivity index (χ4v) is 4.73. The molecule has 5 rings (SSSR count). The van der Waals surface area contributed by atoms with Gasteiger partial charge in [-0.25, -0.2) is 4.98 Å². The molecule has 9 heteroatoms. The summed E-state index contributed by atoms with van der Waals surface area (Å²) in [6, 6.07) is 13.7. The first-order valence-corrected chi connectivity index (χ1v) is 12.3. The van der Waals surface area contributed by atoms with Gasteiger partial charge in [-0.05, 0) is 73.9 Å². The van der Waals surface area contributed by atoms with Crippen LogP contribution in [0.2, 0.25) is 0 Å². The van der Waals surface area contributed by atoms with Crippen LogP contribution in [0.4, 0.5) is 23.1 Å². The minimum Gasteiger partial charge on any atom is -0.352 e. The fourth-order valence-electron chi connectivity index (χ4n) is 4.73. The third-order valence-electron chi connectivity index (χ3n) is 7.01. The Morgan fingerprint density at radius 3 is 2.42 bits per heavy atom. The van der Waals surface area contributed by atoms with Crippen molar-refractivity contribution in [2.24, 2.45) is 5.92 Å². The van der Waals surface area contributed by atoms with Gasteiger partial charge < -0.3 is 20.0 Å². The van der Waals surface area contributed by atoms with Crippen LogP contribution in [0, 0.1) is 26.7 Å². The average molecular weight is 486 g/mol. The molecule has 0 aliphatic carbocycles. The van der Waals surface area contributed by atoms with Gasteiger partial charge in [0.15, 0.2) is 11.6 Å². The summed E-state index contributed by atoms with van der Waals surface area (Å²) in [6.45, 7) is 9.09. The number of carbonyl (C=O) groups excluding carboxylic acids is 2. The molecule has 3 aromatic rings. The van der Waals surface area contributed by atoms with Crippen LogP contribution in [0.15, 0.2) is 48.7 Å². The molecule has 2 aliphatic rings. The largest absolute Gasteiger partial charge is 0.352 e. The van der Waals surface area contributed by atoms with Crippen molar-refractivity contribution in [1.29, 1.82) is 0 Å². The molecular formula is C27H31N7O2. The molecule has 2 fully saturated rings. The van der Waals surface area contributed by atoms with Crippen LogP contribution >= 0.6 is 0 Å². The van der Waals surface area contributed by atoms with E-state index < -0.39 is 0 Å². The predicted octanol–water partition coefficient (Wildman–Crippen LogP) is 3.24. The van der Waals surface area contributed by atoms with Crippen LogP contribution in [0.1, 0.15) is 23.1 Å². The second kappa shape index (κ2) is 9.93. The Labute approximate surface area is 211 Å². The van der Waals surface area contributed by atoms with Crippen LogP contribution in [-0.2, 0) is 9.59 Å². The number of piperazine rings is 1. The third kappa shape index (κ3) is 5.00. The SMILES string of the molecule is Cc1ccnc(Nc2ccc(N3CCN(C(=O)C4CC(=O)N(c5ccc(C)c(C)c5)C4)CC3)nn2)c1. The molecule has 2 amide bonds. The molecule has 1 unspecified atom stereocenters. The summed E-state index contributed by atoms with van der Waals surface area (Å²) in [5.41, 5.74) is 4.32. The monoisotopic (exact) mass is 485 g/mol. The van der Waals surface area contributed by atoms with Gasteiger partial charge in [-0.1, -0.05) is 6.07 Å². The molecule has 0 bridgehead atoms. The van der Waals surface area contributed by atoms with E-state index in [1.165, 1.54) is 5.56 Å². The van der Waals surface area contributed by atoms with Crippen molar-refractivity contribution in [3.63, 3.8) is 0 Å². The normalized spacial score (nSPS) is 18.0. The summed E-state index contributed by atoms with van der Waals surface area (Å²) in [6.07, 6.45) is 2.02. The average Bonchev–Trinajstić information content (AvgIpc) is 3.27. The number of amides is 2. The smallest absolute Gasteiger partial charge is 0.228 e. The lowest BCUT2D eigenvalue weighted by Gasteiger charge is -2.36. The molecule has 1 N–H and O–H groups in total. The van der Waals surface area contributed by atoms with E-state index in [0.717, 1.165) is 28.5 Å². The van der Waals surface area contributed by atoms with Crippen LogP contribution in [0.25, 0.3) is 0 Å². The van der Waals surface area contributed by atoms with Crippen LogP contribution < -0.4 is 15.1 Å². The predicted molar refractivity (Wildman–Crippen MR) is 139 cm³/mol. The summed E-state index contributed by atoms with van der Waals surface area (Å²) in [5.74, 6) is 1.91. The number of nitrogens with one attached hydrogen (secondary N) is 1. The molecule has 2 aromatic heterocycles. The van der Waals surface area contributed by atoms with Crippen molar-refractivity contribution >= 4 is 35.0 Å². The van der Waals surface area contributed by atoms with Crippen molar-refractivity contribution < 1.29 is 9.59 Å². The van der Waals surface area contributed by atoms with Crippen LogP contribution in [0.5, 0.6) is 0 Å². The van der Waals surface area contributed by atoms with E-state index in [2.05, 4.69) is 32.3 Å². The van der Waals surface area contributed by atoms with E-state index in [9.17, 15) is 9.59 Å². The van der Waals surface area contributed by atoms with Gasteiger partial charge in [-0.15, -0.1) is 10.2 Å². The number of carbonyl (C=O) groups is 2. The third-order valence-corrected chi connectivity index (χ3v) is 7.01. The molecule has 1 atom stereocenters. The highest BCUT2D eigenvalue weighted by Crippen LogP contribution is 2.28. The van der Waals surface area contributed by atoms with Gasteiger partial charge in [0.1, 0.15) is 5.82 Å². The summed E-state index contributed by atoms with van der Waals surface area (Å²) >= 11 is 0. The van der Waals surface area contributed by atoms with Crippen molar-refractivity contribution in [1.82, 2.24) is 20.1 Å². The summed E-state index contributed by atoms with van der Waals surface area (Å²) in [4.78, 5) is 36.0. The number of aryl methyl sites for hydroxylation is 3. The maximum absolute atomic E-state index is 13.2. The molecule has 0 saturated carbocycles. The molecule has 186 valence electrons. The molecule has 2 aliphatic heterocycles. The minimum atomic E-state index is -0.300. The Balaban J connectivity index is 1.15. The van der Waals surface area contributed by atoms with E-state index in [1.807, 2.05) is 61.2 Å². The van der Waals surface area contributed by atoms with Gasteiger partial charge in [-0.3, -0.25) is 9.59 Å². The molecular weight excluding hydrogens is 454 g/mol. The Bertz CT molecular complexity index is 1270. The zero-order valence-corrected chi connectivity index (χ0v) is 20.9. The van der Waals surface area contributed by atoms with Crippen molar-refractivity contribution in [2.45, 2.75) is 27.2 Å². The molecule has 36 heavy (non-hydrogen) atoms. The Kier molecular flexibility index (Phi) is 6.54. The second-order valence-electron chi connectivity index (χ2n) is 9.61. The summed E-state index contributed by atoms with van der Waals surface area (Å²) in [7, 11) is 0. The van der Waals surface area contributed by atoms with Crippen molar-refractivity contribution in [3.05, 3.63) is 65.4 Å². The molecule has 0 radical (unpaired) electrons. The van der Waals surface area contributed by atoms with Gasteiger partial charge in [0.05, 0.1) is 5.92 Å². The first-order valence-electron chi connectivity index (χ1n) is 12.3. The highest BCUT2D eigenvalue weighted by Gasteiger charge is 2.38. The number of benzene rings is 1. The van der Waals surface area contributed by atoms with Gasteiger partial charge in [0, 0.05) is 51.0 Å². The number of aromatic nitrogens is 3. The fraction of sp³-hybridized carbons (Fsp3) is 0.370. The van der Waals surface area contributed by atoms with E-state index in [4.69, 9.17) is 0 Å². The standard InChI is InChI=1S/C27H31N7O2/c1-18-8-9-28-24(14-18)29-23-6-7-25(31-30-23)32-10-12-33(13-11-32)27(36)21-16-26(35)34(17-21)22-5-4-19(2)20(3)15-22/h4-9,14-15,21H,10-13,16-17H2,1-3H3,(H,28,29,30). The van der Waals surface area contributed by atoms with Crippen LogP contribution in [0.3, 0.4) is 0 Å². The van der Waals surface area contributed by atoms with Crippen LogP contribution in [-0.4, -0.2) is 64.6 Å².